The molecule has 1 aromatic heterocycles. The van der Waals surface area contributed by atoms with Gasteiger partial charge in [0.1, 0.15) is 23.0 Å². The van der Waals surface area contributed by atoms with E-state index in [0.29, 0.717) is 46.0 Å². The number of methoxy groups -OCH3 is 2. The number of fused-ring (bicyclic) bond motifs is 3. The van der Waals surface area contributed by atoms with Crippen LogP contribution in [0.15, 0.2) is 12.1 Å². The van der Waals surface area contributed by atoms with E-state index < -0.39 is 29.3 Å². The summed E-state index contributed by atoms with van der Waals surface area (Å²) in [6, 6.07) is 2.60. The molecule has 0 radical (unpaired) electrons. The molecule has 1 saturated heterocycles. The first-order valence-corrected chi connectivity index (χ1v) is 11.5. The van der Waals surface area contributed by atoms with E-state index >= 15 is 0 Å². The quantitative estimate of drug-likeness (QED) is 0.388. The molecule has 10 heteroatoms. The highest BCUT2D eigenvalue weighted by atomic mass is 35.5. The monoisotopic (exact) mass is 493 g/mol. The molecule has 1 spiro atoms. The molecule has 184 valence electrons. The van der Waals surface area contributed by atoms with Crippen LogP contribution in [-0.4, -0.2) is 60.2 Å². The van der Waals surface area contributed by atoms with Crippen LogP contribution in [0.1, 0.15) is 44.9 Å². The normalized spacial score (nSPS) is 21.9. The number of benzene rings is 1. The van der Waals surface area contributed by atoms with E-state index in [4.69, 9.17) is 30.5 Å². The number of nitrogens with zero attached hydrogens (tertiary/aromatic N) is 2. The van der Waals surface area contributed by atoms with Crippen molar-refractivity contribution in [2.24, 2.45) is 0 Å². The Morgan fingerprint density at radius 3 is 2.62 bits per heavy atom. The molecule has 2 aromatic rings. The topological polar surface area (TPSA) is 98.4 Å². The van der Waals surface area contributed by atoms with Gasteiger partial charge in [-0.25, -0.2) is 9.59 Å². The van der Waals surface area contributed by atoms with Gasteiger partial charge < -0.3 is 18.9 Å². The number of halogens is 1. The smallest absolute Gasteiger partial charge is 0.411 e. The summed E-state index contributed by atoms with van der Waals surface area (Å²) in [6.45, 7) is 7.20. The number of likely N-dealkylation sites (tertiary alicyclic amines) is 1. The molecule has 1 fully saturated rings. The minimum atomic E-state index is -0.848. The molecule has 2 aliphatic rings. The van der Waals surface area contributed by atoms with Crippen LogP contribution in [0.5, 0.6) is 11.5 Å². The van der Waals surface area contributed by atoms with Gasteiger partial charge in [0, 0.05) is 29.7 Å². The van der Waals surface area contributed by atoms with Crippen LogP contribution in [-0.2, 0) is 20.7 Å². The standard InChI is InChI=1S/C24H30ClN2O7/c1-13-20-14(18-15(27(13)30)7-8-17(31-5)19(18)25)9-10-24(33-20)11-16(21(28)32-6)26(12-24)22(29)34-23(2,3)4/h7-8,16,30H,9-12H2,1-6H3/q+1. The molecule has 3 heterocycles. The zero-order chi connectivity index (χ0) is 25.0. The van der Waals surface area contributed by atoms with Gasteiger partial charge in [0.2, 0.25) is 0 Å². The zero-order valence-electron chi connectivity index (χ0n) is 20.2. The number of ether oxygens (including phenoxy) is 4. The predicted octanol–water partition coefficient (Wildman–Crippen LogP) is 3.58. The molecule has 1 aromatic carbocycles. The third-order valence-corrected chi connectivity index (χ3v) is 6.78. The Hall–Kier alpha value is -2.94. The highest BCUT2D eigenvalue weighted by molar-refractivity contribution is 6.37. The summed E-state index contributed by atoms with van der Waals surface area (Å²) < 4.78 is 23.4. The van der Waals surface area contributed by atoms with E-state index in [0.717, 1.165) is 10.3 Å². The largest absolute Gasteiger partial charge is 0.495 e. The Bertz CT molecular complexity index is 1180. The number of esters is 1. The SMILES string of the molecule is COC(=O)C1CC2(CCc3c(c(C)[n+](O)c4ccc(OC)c(Cl)c34)O2)CN1C(=O)OC(C)(C)C. The molecule has 9 nitrogen and oxygen atoms in total. The molecule has 34 heavy (non-hydrogen) atoms. The molecule has 1 N–H and O–H groups in total. The van der Waals surface area contributed by atoms with E-state index in [1.807, 2.05) is 0 Å². The van der Waals surface area contributed by atoms with Crippen LogP contribution in [0.2, 0.25) is 5.02 Å². The predicted molar refractivity (Wildman–Crippen MR) is 123 cm³/mol. The zero-order valence-corrected chi connectivity index (χ0v) is 21.0. The van der Waals surface area contributed by atoms with Crippen molar-refractivity contribution in [3.8, 4) is 11.5 Å². The second-order valence-electron chi connectivity index (χ2n) is 9.82. The van der Waals surface area contributed by atoms with Gasteiger partial charge in [0.15, 0.2) is 5.75 Å². The fourth-order valence-corrected chi connectivity index (χ4v) is 5.18. The Labute approximate surface area is 203 Å². The second kappa shape index (κ2) is 8.37. The highest BCUT2D eigenvalue weighted by Crippen LogP contribution is 2.46. The molecule has 2 unspecified atom stereocenters. The number of carbonyl (C=O) groups excluding carboxylic acids is 2. The Morgan fingerprint density at radius 1 is 1.29 bits per heavy atom. The molecule has 0 saturated carbocycles. The number of rotatable bonds is 2. The van der Waals surface area contributed by atoms with Crippen molar-refractivity contribution in [1.29, 1.82) is 0 Å². The van der Waals surface area contributed by atoms with Crippen LogP contribution in [0.25, 0.3) is 10.9 Å². The maximum Gasteiger partial charge on any atom is 0.411 e. The third-order valence-electron chi connectivity index (χ3n) is 6.41. The number of hydrogen-bond donors (Lipinski definition) is 1. The van der Waals surface area contributed by atoms with E-state index in [1.165, 1.54) is 19.1 Å². The van der Waals surface area contributed by atoms with Crippen molar-refractivity contribution in [3.63, 3.8) is 0 Å². The summed E-state index contributed by atoms with van der Waals surface area (Å²) in [5, 5.41) is 11.9. The van der Waals surface area contributed by atoms with E-state index in [1.54, 1.807) is 39.8 Å². The Balaban J connectivity index is 1.77. The number of carbonyl (C=O) groups is 2. The van der Waals surface area contributed by atoms with Crippen molar-refractivity contribution in [2.75, 3.05) is 20.8 Å². The van der Waals surface area contributed by atoms with Crippen LogP contribution < -0.4 is 14.2 Å². The number of pyridine rings is 1. The van der Waals surface area contributed by atoms with Gasteiger partial charge in [0.05, 0.1) is 31.2 Å². The van der Waals surface area contributed by atoms with Gasteiger partial charge in [-0.3, -0.25) is 10.1 Å². The summed E-state index contributed by atoms with van der Waals surface area (Å²) in [6.07, 6.45) is 0.739. The Kier molecular flexibility index (Phi) is 5.96. The molecule has 4 rings (SSSR count). The van der Waals surface area contributed by atoms with Gasteiger partial charge in [-0.15, -0.1) is 0 Å². The van der Waals surface area contributed by atoms with Crippen molar-refractivity contribution >= 4 is 34.6 Å². The molecule has 0 aliphatic carbocycles. The van der Waals surface area contributed by atoms with Crippen LogP contribution in [0, 0.1) is 6.92 Å². The second-order valence-corrected chi connectivity index (χ2v) is 10.2. The summed E-state index contributed by atoms with van der Waals surface area (Å²) in [7, 11) is 2.82. The maximum atomic E-state index is 12.9. The molecule has 2 atom stereocenters. The fourth-order valence-electron chi connectivity index (χ4n) is 4.83. The highest BCUT2D eigenvalue weighted by Gasteiger charge is 2.54. The lowest BCUT2D eigenvalue weighted by molar-refractivity contribution is -0.888. The average Bonchev–Trinajstić information content (AvgIpc) is 3.15. The van der Waals surface area contributed by atoms with E-state index in [9.17, 15) is 14.8 Å². The molecule has 0 bridgehead atoms. The number of aryl methyl sites for hydroxylation is 1. The van der Waals surface area contributed by atoms with Crippen molar-refractivity contribution in [3.05, 3.63) is 28.4 Å². The number of hydrogen-bond acceptors (Lipinski definition) is 7. The Morgan fingerprint density at radius 2 is 2.00 bits per heavy atom. The lowest BCUT2D eigenvalue weighted by Crippen LogP contribution is -2.47. The van der Waals surface area contributed by atoms with E-state index in [-0.39, 0.29) is 13.0 Å². The van der Waals surface area contributed by atoms with Crippen LogP contribution >= 0.6 is 11.6 Å². The first kappa shape index (κ1) is 24.2. The van der Waals surface area contributed by atoms with Gasteiger partial charge in [0.25, 0.3) is 11.2 Å². The van der Waals surface area contributed by atoms with Crippen molar-refractivity contribution < 1.29 is 38.5 Å². The van der Waals surface area contributed by atoms with E-state index in [2.05, 4.69) is 0 Å². The molecular formula is C24H30ClN2O7+. The fraction of sp³-hybridized carbons (Fsp3) is 0.542. The van der Waals surface area contributed by atoms with Crippen LogP contribution in [0.4, 0.5) is 4.79 Å². The first-order valence-electron chi connectivity index (χ1n) is 11.1. The summed E-state index contributed by atoms with van der Waals surface area (Å²) in [5.41, 5.74) is 0.308. The number of aromatic nitrogens is 1. The molecule has 1 amide bonds. The van der Waals surface area contributed by atoms with Crippen molar-refractivity contribution in [1.82, 2.24) is 4.90 Å². The van der Waals surface area contributed by atoms with Gasteiger partial charge in [-0.1, -0.05) is 11.6 Å². The molecule has 2 aliphatic heterocycles. The summed E-state index contributed by atoms with van der Waals surface area (Å²) in [4.78, 5) is 26.9. The minimum absolute atomic E-state index is 0.149. The van der Waals surface area contributed by atoms with Crippen LogP contribution in [0.3, 0.4) is 0 Å². The number of amides is 1. The van der Waals surface area contributed by atoms with Gasteiger partial charge >= 0.3 is 12.1 Å². The first-order chi connectivity index (χ1) is 15.9. The molecular weight excluding hydrogens is 464 g/mol. The summed E-state index contributed by atoms with van der Waals surface area (Å²) in [5.74, 6) is 0.437. The third kappa shape index (κ3) is 3.96. The van der Waals surface area contributed by atoms with Gasteiger partial charge in [-0.2, -0.15) is 0 Å². The minimum Gasteiger partial charge on any atom is -0.495 e. The lowest BCUT2D eigenvalue weighted by Gasteiger charge is -2.35. The lowest BCUT2D eigenvalue weighted by atomic mass is 9.87. The van der Waals surface area contributed by atoms with Crippen molar-refractivity contribution in [2.45, 2.75) is 64.2 Å². The maximum absolute atomic E-state index is 12.9. The average molecular weight is 494 g/mol. The van der Waals surface area contributed by atoms with Gasteiger partial charge in [-0.05, 0) is 39.7 Å². The summed E-state index contributed by atoms with van der Waals surface area (Å²) >= 11 is 6.63.